The van der Waals surface area contributed by atoms with Crippen molar-refractivity contribution in [2.45, 2.75) is 46.5 Å². The Morgan fingerprint density at radius 1 is 1.04 bits per heavy atom. The number of hydrogen-bond acceptors (Lipinski definition) is 4. The molecule has 1 aliphatic heterocycles. The van der Waals surface area contributed by atoms with Crippen LogP contribution in [0.15, 0.2) is 18.2 Å². The van der Waals surface area contributed by atoms with E-state index in [9.17, 15) is 4.79 Å². The Morgan fingerprint density at radius 3 is 2.38 bits per heavy atom. The van der Waals surface area contributed by atoms with Gasteiger partial charge >= 0.3 is 0 Å². The Morgan fingerprint density at radius 2 is 1.73 bits per heavy atom. The number of likely N-dealkylation sites (tertiary alicyclic amines) is 1. The van der Waals surface area contributed by atoms with Crippen molar-refractivity contribution in [2.24, 2.45) is 0 Å². The molecule has 6 heteroatoms. The first-order valence-electron chi connectivity index (χ1n) is 9.13. The summed E-state index contributed by atoms with van der Waals surface area (Å²) in [6.45, 7) is 7.41. The molecule has 0 bridgehead atoms. The van der Waals surface area contributed by atoms with Gasteiger partial charge in [-0.15, -0.1) is 0 Å². The van der Waals surface area contributed by atoms with Crippen molar-refractivity contribution < 1.29 is 4.79 Å². The summed E-state index contributed by atoms with van der Waals surface area (Å²) >= 11 is 6.39. The number of carbonyl (C=O) groups is 1. The van der Waals surface area contributed by atoms with Gasteiger partial charge in [0.2, 0.25) is 0 Å². The third-order valence-electron chi connectivity index (χ3n) is 4.64. The predicted octanol–water partition coefficient (Wildman–Crippen LogP) is 4.82. The first-order valence-corrected chi connectivity index (χ1v) is 9.50. The fourth-order valence-electron chi connectivity index (χ4n) is 3.38. The van der Waals surface area contributed by atoms with Crippen LogP contribution in [0.25, 0.3) is 0 Å². The van der Waals surface area contributed by atoms with Gasteiger partial charge < -0.3 is 10.2 Å². The van der Waals surface area contributed by atoms with E-state index in [1.54, 1.807) is 13.0 Å². The van der Waals surface area contributed by atoms with Crippen LogP contribution in [0.3, 0.4) is 0 Å². The Balaban J connectivity index is 1.87. The lowest BCUT2D eigenvalue weighted by molar-refractivity contribution is 0.0755. The van der Waals surface area contributed by atoms with Crippen LogP contribution in [0.4, 0.5) is 11.5 Å². The second kappa shape index (κ2) is 8.04. The Bertz CT molecular complexity index is 790. The maximum absolute atomic E-state index is 12.9. The summed E-state index contributed by atoms with van der Waals surface area (Å²) < 4.78 is 0. The third kappa shape index (κ3) is 4.33. The molecular weight excluding hydrogens is 348 g/mol. The maximum atomic E-state index is 12.9. The highest BCUT2D eigenvalue weighted by atomic mass is 35.5. The lowest BCUT2D eigenvalue weighted by Crippen LogP contribution is -2.32. The Hall–Kier alpha value is -2.14. The zero-order chi connectivity index (χ0) is 18.7. The minimum atomic E-state index is -0.0211. The van der Waals surface area contributed by atoms with E-state index < -0.39 is 0 Å². The normalized spacial score (nSPS) is 14.8. The van der Waals surface area contributed by atoms with Gasteiger partial charge in [0, 0.05) is 19.2 Å². The van der Waals surface area contributed by atoms with Gasteiger partial charge in [-0.3, -0.25) is 4.79 Å². The number of anilines is 2. The number of hydrogen-bond donors (Lipinski definition) is 1. The fourth-order valence-corrected chi connectivity index (χ4v) is 3.75. The van der Waals surface area contributed by atoms with Crippen LogP contribution >= 0.6 is 11.6 Å². The van der Waals surface area contributed by atoms with Gasteiger partial charge in [-0.1, -0.05) is 30.5 Å². The smallest absolute Gasteiger partial charge is 0.272 e. The van der Waals surface area contributed by atoms with Gasteiger partial charge in [0.05, 0.1) is 10.7 Å². The summed E-state index contributed by atoms with van der Waals surface area (Å²) in [5.41, 5.74) is 3.38. The summed E-state index contributed by atoms with van der Waals surface area (Å²) in [5, 5.41) is 3.90. The first kappa shape index (κ1) is 18.6. The Labute approximate surface area is 159 Å². The number of rotatable bonds is 3. The van der Waals surface area contributed by atoms with E-state index in [0.717, 1.165) is 42.7 Å². The molecule has 26 heavy (non-hydrogen) atoms. The third-order valence-corrected chi connectivity index (χ3v) is 4.93. The van der Waals surface area contributed by atoms with Crippen LogP contribution in [0.2, 0.25) is 5.02 Å². The van der Waals surface area contributed by atoms with Gasteiger partial charge in [-0.05, 0) is 50.8 Å². The molecule has 0 unspecified atom stereocenters. The van der Waals surface area contributed by atoms with Crippen LogP contribution in [0.1, 0.15) is 53.1 Å². The van der Waals surface area contributed by atoms with Crippen molar-refractivity contribution in [3.05, 3.63) is 45.9 Å². The first-order chi connectivity index (χ1) is 12.4. The van der Waals surface area contributed by atoms with Crippen LogP contribution < -0.4 is 5.32 Å². The minimum Gasteiger partial charge on any atom is -0.339 e. The lowest BCUT2D eigenvalue weighted by atomic mass is 10.1. The van der Waals surface area contributed by atoms with Crippen molar-refractivity contribution in [3.63, 3.8) is 0 Å². The van der Waals surface area contributed by atoms with Crippen molar-refractivity contribution in [1.29, 1.82) is 0 Å². The topological polar surface area (TPSA) is 58.1 Å². The largest absolute Gasteiger partial charge is 0.339 e. The summed E-state index contributed by atoms with van der Waals surface area (Å²) in [6, 6.07) is 5.69. The van der Waals surface area contributed by atoms with E-state index in [0.29, 0.717) is 22.4 Å². The molecule has 138 valence electrons. The van der Waals surface area contributed by atoms with Gasteiger partial charge in [0.1, 0.15) is 17.3 Å². The highest BCUT2D eigenvalue weighted by molar-refractivity contribution is 6.33. The number of amides is 1. The lowest BCUT2D eigenvalue weighted by Gasteiger charge is -2.20. The zero-order valence-corrected chi connectivity index (χ0v) is 16.4. The van der Waals surface area contributed by atoms with Gasteiger partial charge in [-0.25, -0.2) is 9.97 Å². The van der Waals surface area contributed by atoms with Crippen molar-refractivity contribution in [2.75, 3.05) is 18.4 Å². The highest BCUT2D eigenvalue weighted by Gasteiger charge is 2.20. The van der Waals surface area contributed by atoms with E-state index in [1.807, 2.05) is 24.8 Å². The molecule has 1 fully saturated rings. The number of halogens is 1. The number of nitrogens with zero attached hydrogens (tertiary/aromatic N) is 3. The molecule has 2 aromatic rings. The predicted molar refractivity (Wildman–Crippen MR) is 105 cm³/mol. The van der Waals surface area contributed by atoms with E-state index in [1.165, 1.54) is 12.8 Å². The summed E-state index contributed by atoms with van der Waals surface area (Å²) in [7, 11) is 0. The molecule has 0 saturated carbocycles. The van der Waals surface area contributed by atoms with Crippen molar-refractivity contribution in [1.82, 2.24) is 14.9 Å². The second-order valence-electron chi connectivity index (χ2n) is 6.96. The molecule has 1 aromatic heterocycles. The summed E-state index contributed by atoms with van der Waals surface area (Å²) in [6.07, 6.45) is 4.48. The molecule has 3 rings (SSSR count). The monoisotopic (exact) mass is 372 g/mol. The molecule has 5 nitrogen and oxygen atoms in total. The minimum absolute atomic E-state index is 0.0211. The van der Waals surface area contributed by atoms with Crippen molar-refractivity contribution in [3.8, 4) is 0 Å². The highest BCUT2D eigenvalue weighted by Crippen LogP contribution is 2.30. The molecule has 0 atom stereocenters. The fraction of sp³-hybridized carbons (Fsp3) is 0.450. The van der Waals surface area contributed by atoms with E-state index >= 15 is 0 Å². The number of nitrogens with one attached hydrogen (secondary N) is 1. The average Bonchev–Trinajstić information content (AvgIpc) is 2.86. The quantitative estimate of drug-likeness (QED) is 0.839. The van der Waals surface area contributed by atoms with Gasteiger partial charge in [-0.2, -0.15) is 0 Å². The van der Waals surface area contributed by atoms with Gasteiger partial charge in [0.15, 0.2) is 0 Å². The van der Waals surface area contributed by atoms with E-state index in [2.05, 4.69) is 21.4 Å². The van der Waals surface area contributed by atoms with Crippen molar-refractivity contribution >= 4 is 29.0 Å². The number of benzene rings is 1. The molecule has 0 aliphatic carbocycles. The molecule has 1 N–H and O–H groups in total. The molecule has 1 aliphatic rings. The molecule has 1 amide bonds. The van der Waals surface area contributed by atoms with Crippen LogP contribution in [0, 0.1) is 20.8 Å². The summed E-state index contributed by atoms with van der Waals surface area (Å²) in [5.74, 6) is 1.13. The molecule has 1 saturated heterocycles. The Kier molecular flexibility index (Phi) is 5.77. The van der Waals surface area contributed by atoms with E-state index in [-0.39, 0.29) is 5.91 Å². The SMILES string of the molecule is Cc1cc(C)c(Nc2cc(C(=O)N3CCCCCC3)nc(C)n2)c(Cl)c1. The molecule has 1 aromatic carbocycles. The second-order valence-corrected chi connectivity index (χ2v) is 7.36. The van der Waals surface area contributed by atoms with Gasteiger partial charge in [0.25, 0.3) is 5.91 Å². The number of aromatic nitrogens is 2. The zero-order valence-electron chi connectivity index (χ0n) is 15.6. The number of carbonyl (C=O) groups excluding carboxylic acids is 1. The summed E-state index contributed by atoms with van der Waals surface area (Å²) in [4.78, 5) is 23.6. The molecule has 2 heterocycles. The van der Waals surface area contributed by atoms with Crippen LogP contribution in [-0.4, -0.2) is 33.9 Å². The molecular formula is C20H25ClN4O. The maximum Gasteiger partial charge on any atom is 0.272 e. The van der Waals surface area contributed by atoms with Crippen LogP contribution in [-0.2, 0) is 0 Å². The number of aryl methyl sites for hydroxylation is 3. The molecule has 0 spiro atoms. The average molecular weight is 373 g/mol. The standard InChI is InChI=1S/C20H25ClN4O/c1-13-10-14(2)19(16(21)11-13)24-18-12-17(22-15(3)23-18)20(26)25-8-6-4-5-7-9-25/h10-12H,4-9H2,1-3H3,(H,22,23,24). The molecule has 0 radical (unpaired) electrons. The van der Waals surface area contributed by atoms with E-state index in [4.69, 9.17) is 11.6 Å². The van der Waals surface area contributed by atoms with Crippen LogP contribution in [0.5, 0.6) is 0 Å².